The molecule has 3 N–H and O–H groups in total. The molecule has 2 aromatic carbocycles. The van der Waals surface area contributed by atoms with Crippen molar-refractivity contribution in [2.45, 2.75) is 24.5 Å². The normalized spacial score (nSPS) is 11.6. The first-order chi connectivity index (χ1) is 15.0. The molecule has 0 saturated carbocycles. The van der Waals surface area contributed by atoms with E-state index in [-0.39, 0.29) is 45.6 Å². The standard InChI is InChI=1S/C19H16ClF3N4O4S/c20-15-4-2-13(21)7-12(15)8-17(28)25-14-3-1-11(16(9-14)32(24,29)30)10-31-18-5-6-27(26-18)19(22)23/h1-7,9,19H,8,10H2,(H,25,28)(H2,24,29,30). The molecule has 0 aliphatic heterocycles. The second kappa shape index (κ2) is 9.59. The van der Waals surface area contributed by atoms with Gasteiger partial charge in [-0.1, -0.05) is 17.7 Å². The van der Waals surface area contributed by atoms with Gasteiger partial charge in [-0.15, -0.1) is 5.10 Å². The Morgan fingerprint density at radius 1 is 1.19 bits per heavy atom. The summed E-state index contributed by atoms with van der Waals surface area (Å²) in [6.45, 7) is -3.18. The second-order valence-corrected chi connectivity index (χ2v) is 8.47. The minimum absolute atomic E-state index is 0.109. The molecular formula is C19H16ClF3N4O4S. The first kappa shape index (κ1) is 23.6. The summed E-state index contributed by atoms with van der Waals surface area (Å²) < 4.78 is 68.2. The molecule has 13 heteroatoms. The lowest BCUT2D eigenvalue weighted by Gasteiger charge is -2.12. The molecule has 170 valence electrons. The van der Waals surface area contributed by atoms with Crippen molar-refractivity contribution >= 4 is 33.2 Å². The van der Waals surface area contributed by atoms with Crippen LogP contribution in [0.3, 0.4) is 0 Å². The molecule has 0 aliphatic rings. The molecule has 8 nitrogen and oxygen atoms in total. The van der Waals surface area contributed by atoms with E-state index in [9.17, 15) is 26.4 Å². The highest BCUT2D eigenvalue weighted by Gasteiger charge is 2.18. The number of ether oxygens (including phenoxy) is 1. The van der Waals surface area contributed by atoms with Crippen LogP contribution in [-0.4, -0.2) is 24.1 Å². The average Bonchev–Trinajstić information content (AvgIpc) is 3.18. The number of carbonyl (C=O) groups excluding carboxylic acids is 1. The summed E-state index contributed by atoms with van der Waals surface area (Å²) in [7, 11) is -4.22. The fraction of sp³-hybridized carbons (Fsp3) is 0.158. The van der Waals surface area contributed by atoms with Gasteiger partial charge in [0, 0.05) is 28.5 Å². The Bertz CT molecular complexity index is 1250. The molecule has 32 heavy (non-hydrogen) atoms. The number of anilines is 1. The number of primary sulfonamides is 1. The lowest BCUT2D eigenvalue weighted by atomic mass is 10.1. The summed E-state index contributed by atoms with van der Waals surface area (Å²) >= 11 is 5.95. The van der Waals surface area contributed by atoms with E-state index >= 15 is 0 Å². The zero-order valence-electron chi connectivity index (χ0n) is 16.1. The van der Waals surface area contributed by atoms with Gasteiger partial charge in [0.25, 0.3) is 0 Å². The van der Waals surface area contributed by atoms with Gasteiger partial charge in [0.2, 0.25) is 21.8 Å². The van der Waals surface area contributed by atoms with Crippen LogP contribution in [0.4, 0.5) is 18.9 Å². The van der Waals surface area contributed by atoms with Gasteiger partial charge in [-0.3, -0.25) is 4.79 Å². The van der Waals surface area contributed by atoms with Crippen molar-refractivity contribution in [3.05, 3.63) is 70.6 Å². The molecule has 0 saturated heterocycles. The lowest BCUT2D eigenvalue weighted by Crippen LogP contribution is -2.18. The number of nitrogens with zero attached hydrogens (tertiary/aromatic N) is 2. The first-order valence-corrected chi connectivity index (χ1v) is 10.8. The molecule has 3 aromatic rings. The highest BCUT2D eigenvalue weighted by Crippen LogP contribution is 2.23. The van der Waals surface area contributed by atoms with Crippen molar-refractivity contribution in [3.8, 4) is 5.88 Å². The van der Waals surface area contributed by atoms with Crippen molar-refractivity contribution < 1.29 is 31.1 Å². The Morgan fingerprint density at radius 2 is 1.94 bits per heavy atom. The topological polar surface area (TPSA) is 116 Å². The molecule has 0 aliphatic carbocycles. The number of benzene rings is 2. The van der Waals surface area contributed by atoms with Crippen LogP contribution < -0.4 is 15.2 Å². The Labute approximate surface area is 185 Å². The monoisotopic (exact) mass is 488 g/mol. The van der Waals surface area contributed by atoms with Crippen LogP contribution in [-0.2, 0) is 27.8 Å². The first-order valence-electron chi connectivity index (χ1n) is 8.88. The number of sulfonamides is 1. The SMILES string of the molecule is NS(=O)(=O)c1cc(NC(=O)Cc2cc(F)ccc2Cl)ccc1COc1ccn(C(F)F)n1. The van der Waals surface area contributed by atoms with E-state index in [0.29, 0.717) is 4.68 Å². The van der Waals surface area contributed by atoms with Crippen molar-refractivity contribution in [2.24, 2.45) is 5.14 Å². The summed E-state index contributed by atoms with van der Waals surface area (Å²) in [6, 6.07) is 8.64. The van der Waals surface area contributed by atoms with E-state index in [1.54, 1.807) is 0 Å². The minimum atomic E-state index is -4.22. The van der Waals surface area contributed by atoms with Gasteiger partial charge in [-0.2, -0.15) is 8.78 Å². The van der Waals surface area contributed by atoms with Crippen molar-refractivity contribution in [2.75, 3.05) is 5.32 Å². The van der Waals surface area contributed by atoms with E-state index in [1.807, 2.05) is 0 Å². The fourth-order valence-corrected chi connectivity index (χ4v) is 3.70. The maximum Gasteiger partial charge on any atom is 0.333 e. The second-order valence-electron chi connectivity index (χ2n) is 6.53. The number of amides is 1. The molecule has 1 heterocycles. The lowest BCUT2D eigenvalue weighted by molar-refractivity contribution is -0.115. The molecule has 1 aromatic heterocycles. The number of aromatic nitrogens is 2. The predicted octanol–water partition coefficient (Wildman–Crippen LogP) is 3.48. The van der Waals surface area contributed by atoms with Gasteiger partial charge in [0.1, 0.15) is 12.4 Å². The number of carbonyl (C=O) groups is 1. The number of alkyl halides is 2. The van der Waals surface area contributed by atoms with E-state index in [1.165, 1.54) is 24.3 Å². The van der Waals surface area contributed by atoms with Crippen molar-refractivity contribution in [1.82, 2.24) is 9.78 Å². The van der Waals surface area contributed by atoms with Crippen LogP contribution in [0.1, 0.15) is 17.7 Å². The minimum Gasteiger partial charge on any atom is -0.472 e. The van der Waals surface area contributed by atoms with E-state index in [0.717, 1.165) is 24.4 Å². The number of hydrogen-bond donors (Lipinski definition) is 2. The largest absolute Gasteiger partial charge is 0.472 e. The highest BCUT2D eigenvalue weighted by molar-refractivity contribution is 7.89. The molecule has 0 fully saturated rings. The Hall–Kier alpha value is -3.09. The maximum absolute atomic E-state index is 13.4. The molecular weight excluding hydrogens is 473 g/mol. The highest BCUT2D eigenvalue weighted by atomic mass is 35.5. The summed E-state index contributed by atoms with van der Waals surface area (Å²) in [5.41, 5.74) is 0.478. The predicted molar refractivity (Wildman–Crippen MR) is 109 cm³/mol. The van der Waals surface area contributed by atoms with Crippen molar-refractivity contribution in [3.63, 3.8) is 0 Å². The summed E-state index contributed by atoms with van der Waals surface area (Å²) in [6.07, 6.45) is 0.753. The number of nitrogens with two attached hydrogens (primary N) is 1. The van der Waals surface area contributed by atoms with E-state index in [2.05, 4.69) is 10.4 Å². The van der Waals surface area contributed by atoms with Crippen LogP contribution in [0.2, 0.25) is 5.02 Å². The summed E-state index contributed by atoms with van der Waals surface area (Å²) in [5.74, 6) is -1.27. The number of nitrogens with one attached hydrogen (secondary N) is 1. The molecule has 0 bridgehead atoms. The summed E-state index contributed by atoms with van der Waals surface area (Å²) in [5, 5.41) is 11.4. The fourth-order valence-electron chi connectivity index (χ4n) is 2.73. The maximum atomic E-state index is 13.4. The Morgan fingerprint density at radius 3 is 2.59 bits per heavy atom. The molecule has 0 spiro atoms. The number of rotatable bonds is 8. The molecule has 0 radical (unpaired) electrons. The molecule has 0 atom stereocenters. The molecule has 3 rings (SSSR count). The Balaban J connectivity index is 1.75. The van der Waals surface area contributed by atoms with Crippen LogP contribution in [0.25, 0.3) is 0 Å². The average molecular weight is 489 g/mol. The van der Waals surface area contributed by atoms with Gasteiger partial charge < -0.3 is 10.1 Å². The third-order valence-corrected chi connectivity index (χ3v) is 5.54. The van der Waals surface area contributed by atoms with Crippen LogP contribution in [0.5, 0.6) is 5.88 Å². The third-order valence-electron chi connectivity index (χ3n) is 4.18. The number of hydrogen-bond acceptors (Lipinski definition) is 5. The van der Waals surface area contributed by atoms with Gasteiger partial charge >= 0.3 is 6.55 Å². The van der Waals surface area contributed by atoms with Gasteiger partial charge in [0.05, 0.1) is 11.3 Å². The Kier molecular flexibility index (Phi) is 7.06. The zero-order valence-corrected chi connectivity index (χ0v) is 17.7. The third kappa shape index (κ3) is 5.99. The molecule has 1 amide bonds. The van der Waals surface area contributed by atoms with Crippen LogP contribution >= 0.6 is 11.6 Å². The van der Waals surface area contributed by atoms with Gasteiger partial charge in [-0.25, -0.2) is 22.6 Å². The van der Waals surface area contributed by atoms with Crippen LogP contribution in [0, 0.1) is 5.82 Å². The van der Waals surface area contributed by atoms with E-state index in [4.69, 9.17) is 21.5 Å². The van der Waals surface area contributed by atoms with E-state index < -0.39 is 28.3 Å². The zero-order chi connectivity index (χ0) is 23.5. The van der Waals surface area contributed by atoms with Gasteiger partial charge in [-0.05, 0) is 35.9 Å². The number of halogens is 4. The smallest absolute Gasteiger partial charge is 0.333 e. The van der Waals surface area contributed by atoms with Crippen LogP contribution in [0.15, 0.2) is 53.6 Å². The quantitative estimate of drug-likeness (QED) is 0.503. The van der Waals surface area contributed by atoms with Crippen molar-refractivity contribution in [1.29, 1.82) is 0 Å². The van der Waals surface area contributed by atoms with Gasteiger partial charge in [0.15, 0.2) is 0 Å². The molecule has 0 unspecified atom stereocenters. The summed E-state index contributed by atoms with van der Waals surface area (Å²) in [4.78, 5) is 11.9.